The lowest BCUT2D eigenvalue weighted by atomic mass is 10.3. The van der Waals surface area contributed by atoms with Crippen LogP contribution in [-0.2, 0) is 22.9 Å². The molecule has 2 heterocycles. The highest BCUT2D eigenvalue weighted by Gasteiger charge is 2.16. The van der Waals surface area contributed by atoms with E-state index in [2.05, 4.69) is 14.9 Å². The number of rotatable bonds is 7. The van der Waals surface area contributed by atoms with Gasteiger partial charge in [-0.2, -0.15) is 4.98 Å². The van der Waals surface area contributed by atoms with E-state index in [9.17, 15) is 8.42 Å². The third kappa shape index (κ3) is 3.85. The number of sulfonamides is 1. The SMILES string of the molecule is Cc1noc(CCNS(=O)(=O)c2ccc(CCN)s2)n1. The highest BCUT2D eigenvalue weighted by Crippen LogP contribution is 2.21. The number of hydrogen-bond donors (Lipinski definition) is 2. The summed E-state index contributed by atoms with van der Waals surface area (Å²) in [6, 6.07) is 3.38. The van der Waals surface area contributed by atoms with Crippen LogP contribution in [0.2, 0.25) is 0 Å². The molecule has 3 N–H and O–H groups in total. The van der Waals surface area contributed by atoms with Crippen molar-refractivity contribution in [3.05, 3.63) is 28.7 Å². The maximum Gasteiger partial charge on any atom is 0.250 e. The summed E-state index contributed by atoms with van der Waals surface area (Å²) in [7, 11) is -3.48. The number of thiophene rings is 1. The molecule has 0 bridgehead atoms. The summed E-state index contributed by atoms with van der Waals surface area (Å²) < 4.78 is 31.8. The lowest BCUT2D eigenvalue weighted by Gasteiger charge is -2.02. The predicted molar refractivity (Wildman–Crippen MR) is 75.0 cm³/mol. The molecule has 9 heteroatoms. The minimum Gasteiger partial charge on any atom is -0.339 e. The molecule has 0 aliphatic carbocycles. The molecule has 0 saturated heterocycles. The lowest BCUT2D eigenvalue weighted by molar-refractivity contribution is 0.375. The van der Waals surface area contributed by atoms with Crippen molar-refractivity contribution >= 4 is 21.4 Å². The molecule has 0 aliphatic heterocycles. The van der Waals surface area contributed by atoms with E-state index in [4.69, 9.17) is 10.3 Å². The average Bonchev–Trinajstić information content (AvgIpc) is 2.99. The number of nitrogens with zero attached hydrogens (tertiary/aromatic N) is 2. The molecule has 2 aromatic heterocycles. The fourth-order valence-corrected chi connectivity index (χ4v) is 4.03. The average molecular weight is 316 g/mol. The molecule has 0 fully saturated rings. The topological polar surface area (TPSA) is 111 Å². The van der Waals surface area contributed by atoms with Crippen LogP contribution in [-0.4, -0.2) is 31.6 Å². The highest BCUT2D eigenvalue weighted by molar-refractivity contribution is 7.91. The number of nitrogens with two attached hydrogens (primary N) is 1. The van der Waals surface area contributed by atoms with Crippen LogP contribution in [0, 0.1) is 6.92 Å². The Labute approximate surface area is 121 Å². The van der Waals surface area contributed by atoms with Gasteiger partial charge in [-0.3, -0.25) is 0 Å². The standard InChI is InChI=1S/C11H16N4O3S2/c1-8-14-10(18-15-8)5-7-13-20(16,17)11-3-2-9(19-11)4-6-12/h2-3,13H,4-7,12H2,1H3. The number of hydrogen-bond acceptors (Lipinski definition) is 7. The summed E-state index contributed by atoms with van der Waals surface area (Å²) in [6.07, 6.45) is 1.04. The number of aryl methyl sites for hydroxylation is 1. The summed E-state index contributed by atoms with van der Waals surface area (Å²) in [6.45, 7) is 2.43. The zero-order chi connectivity index (χ0) is 14.6. The second-order valence-electron chi connectivity index (χ2n) is 4.14. The van der Waals surface area contributed by atoms with Crippen molar-refractivity contribution in [1.29, 1.82) is 0 Å². The Morgan fingerprint density at radius 1 is 1.40 bits per heavy atom. The van der Waals surface area contributed by atoms with Gasteiger partial charge < -0.3 is 10.3 Å². The summed E-state index contributed by atoms with van der Waals surface area (Å²) in [4.78, 5) is 4.97. The maximum absolute atomic E-state index is 12.0. The lowest BCUT2D eigenvalue weighted by Crippen LogP contribution is -2.25. The second kappa shape index (κ2) is 6.44. The van der Waals surface area contributed by atoms with Gasteiger partial charge in [0, 0.05) is 17.8 Å². The Balaban J connectivity index is 1.92. The monoisotopic (exact) mass is 316 g/mol. The highest BCUT2D eigenvalue weighted by atomic mass is 32.2. The van der Waals surface area contributed by atoms with E-state index in [1.54, 1.807) is 19.1 Å². The van der Waals surface area contributed by atoms with Gasteiger partial charge in [0.15, 0.2) is 5.82 Å². The zero-order valence-electron chi connectivity index (χ0n) is 11.0. The second-order valence-corrected chi connectivity index (χ2v) is 7.30. The van der Waals surface area contributed by atoms with E-state index < -0.39 is 10.0 Å². The van der Waals surface area contributed by atoms with Crippen LogP contribution < -0.4 is 10.5 Å². The van der Waals surface area contributed by atoms with Gasteiger partial charge >= 0.3 is 0 Å². The van der Waals surface area contributed by atoms with Crippen LogP contribution in [0.3, 0.4) is 0 Å². The summed E-state index contributed by atoms with van der Waals surface area (Å²) in [5, 5.41) is 3.64. The normalized spacial score (nSPS) is 11.9. The third-order valence-corrected chi connectivity index (χ3v) is 5.59. The smallest absolute Gasteiger partial charge is 0.250 e. The van der Waals surface area contributed by atoms with Gasteiger partial charge in [0.2, 0.25) is 15.9 Å². The Bertz CT molecular complexity index is 663. The van der Waals surface area contributed by atoms with Gasteiger partial charge in [0.1, 0.15) is 4.21 Å². The Morgan fingerprint density at radius 3 is 2.85 bits per heavy atom. The largest absolute Gasteiger partial charge is 0.339 e. The summed E-state index contributed by atoms with van der Waals surface area (Å²) in [5.74, 6) is 0.952. The maximum atomic E-state index is 12.0. The van der Waals surface area contributed by atoms with E-state index in [1.807, 2.05) is 0 Å². The molecular formula is C11H16N4O3S2. The van der Waals surface area contributed by atoms with Crippen molar-refractivity contribution in [2.75, 3.05) is 13.1 Å². The predicted octanol–water partition coefficient (Wildman–Crippen LogP) is 0.462. The first-order valence-electron chi connectivity index (χ1n) is 6.09. The first-order chi connectivity index (χ1) is 9.51. The van der Waals surface area contributed by atoms with E-state index in [0.29, 0.717) is 35.3 Å². The van der Waals surface area contributed by atoms with Crippen molar-refractivity contribution < 1.29 is 12.9 Å². The quantitative estimate of drug-likeness (QED) is 0.767. The van der Waals surface area contributed by atoms with Gasteiger partial charge in [-0.1, -0.05) is 5.16 Å². The van der Waals surface area contributed by atoms with Crippen LogP contribution in [0.4, 0.5) is 0 Å². The van der Waals surface area contributed by atoms with Crippen molar-refractivity contribution in [2.45, 2.75) is 24.0 Å². The molecule has 7 nitrogen and oxygen atoms in total. The minimum atomic E-state index is -3.48. The molecule has 0 saturated carbocycles. The molecule has 0 spiro atoms. The first-order valence-corrected chi connectivity index (χ1v) is 8.39. The molecule has 110 valence electrons. The van der Waals surface area contributed by atoms with E-state index in [0.717, 1.165) is 4.88 Å². The molecule has 2 rings (SSSR count). The molecule has 0 aromatic carbocycles. The van der Waals surface area contributed by atoms with Gasteiger partial charge in [-0.05, 0) is 32.0 Å². The Morgan fingerprint density at radius 2 is 2.20 bits per heavy atom. The van der Waals surface area contributed by atoms with Gasteiger partial charge in [0.05, 0.1) is 0 Å². The van der Waals surface area contributed by atoms with Crippen LogP contribution in [0.15, 0.2) is 20.9 Å². The van der Waals surface area contributed by atoms with E-state index >= 15 is 0 Å². The summed E-state index contributed by atoms with van der Waals surface area (Å²) >= 11 is 1.23. The molecule has 0 atom stereocenters. The van der Waals surface area contributed by atoms with Crippen molar-refractivity contribution in [3.8, 4) is 0 Å². The summed E-state index contributed by atoms with van der Waals surface area (Å²) in [5.41, 5.74) is 5.44. The Hall–Kier alpha value is -1.29. The number of nitrogens with one attached hydrogen (secondary N) is 1. The van der Waals surface area contributed by atoms with Crippen LogP contribution in [0.1, 0.15) is 16.6 Å². The Kier molecular flexibility index (Phi) is 4.86. The van der Waals surface area contributed by atoms with E-state index in [1.165, 1.54) is 11.3 Å². The molecule has 20 heavy (non-hydrogen) atoms. The van der Waals surface area contributed by atoms with Crippen LogP contribution in [0.25, 0.3) is 0 Å². The zero-order valence-corrected chi connectivity index (χ0v) is 12.6. The molecule has 0 aliphatic rings. The van der Waals surface area contributed by atoms with Gasteiger partial charge in [0.25, 0.3) is 0 Å². The molecular weight excluding hydrogens is 300 g/mol. The van der Waals surface area contributed by atoms with Gasteiger partial charge in [-0.15, -0.1) is 11.3 Å². The van der Waals surface area contributed by atoms with E-state index in [-0.39, 0.29) is 6.54 Å². The van der Waals surface area contributed by atoms with Crippen molar-refractivity contribution in [1.82, 2.24) is 14.9 Å². The van der Waals surface area contributed by atoms with Gasteiger partial charge in [-0.25, -0.2) is 13.1 Å². The third-order valence-electron chi connectivity index (χ3n) is 2.49. The minimum absolute atomic E-state index is 0.216. The van der Waals surface area contributed by atoms with Crippen LogP contribution >= 0.6 is 11.3 Å². The molecule has 0 radical (unpaired) electrons. The fourth-order valence-electron chi connectivity index (χ4n) is 1.58. The molecule has 0 amide bonds. The number of aromatic nitrogens is 2. The fraction of sp³-hybridized carbons (Fsp3) is 0.455. The first kappa shape index (κ1) is 15.1. The van der Waals surface area contributed by atoms with Crippen molar-refractivity contribution in [3.63, 3.8) is 0 Å². The molecule has 0 unspecified atom stereocenters. The molecule has 2 aromatic rings. The van der Waals surface area contributed by atoms with Crippen LogP contribution in [0.5, 0.6) is 0 Å². The van der Waals surface area contributed by atoms with Crippen molar-refractivity contribution in [2.24, 2.45) is 5.73 Å².